The molecule has 0 saturated heterocycles. The zero-order valence-corrected chi connectivity index (χ0v) is 12.2. The van der Waals surface area contributed by atoms with Crippen molar-refractivity contribution in [3.63, 3.8) is 0 Å². The molecule has 0 spiro atoms. The van der Waals surface area contributed by atoms with Crippen molar-refractivity contribution in [1.82, 2.24) is 5.32 Å². The largest absolute Gasteiger partial charge is 0.341 e. The minimum absolute atomic E-state index is 0.0316. The number of alkyl halides is 1. The van der Waals surface area contributed by atoms with E-state index in [0.717, 1.165) is 24.0 Å². The van der Waals surface area contributed by atoms with Gasteiger partial charge >= 0.3 is 0 Å². The molecular weight excluding hydrogens is 262 g/mol. The van der Waals surface area contributed by atoms with Crippen LogP contribution in [-0.4, -0.2) is 17.6 Å². The van der Waals surface area contributed by atoms with Gasteiger partial charge in [0.2, 0.25) is 5.91 Å². The number of halogens is 1. The van der Waals surface area contributed by atoms with Gasteiger partial charge in [-0.2, -0.15) is 0 Å². The quantitative estimate of drug-likeness (QED) is 0.781. The number of aryl methyl sites for hydroxylation is 1. The van der Waals surface area contributed by atoms with E-state index in [1.807, 2.05) is 38.1 Å². The Bertz CT molecular complexity index is 428. The average molecular weight is 282 g/mol. The maximum Gasteiger partial charge on any atom is 0.235 e. The molecule has 1 aromatic rings. The molecule has 1 unspecified atom stereocenters. The lowest BCUT2D eigenvalue weighted by molar-refractivity contribution is -0.126. The van der Waals surface area contributed by atoms with Gasteiger partial charge < -0.3 is 5.32 Å². The fourth-order valence-electron chi connectivity index (χ4n) is 1.80. The molecule has 104 valence electrons. The van der Waals surface area contributed by atoms with Crippen molar-refractivity contribution >= 4 is 23.3 Å². The Balaban J connectivity index is 2.87. The van der Waals surface area contributed by atoms with E-state index in [-0.39, 0.29) is 17.6 Å². The molecule has 3 nitrogen and oxygen atoms in total. The number of hydrogen-bond acceptors (Lipinski definition) is 2. The van der Waals surface area contributed by atoms with E-state index in [1.54, 1.807) is 0 Å². The number of benzene rings is 1. The third-order valence-electron chi connectivity index (χ3n) is 2.94. The first-order chi connectivity index (χ1) is 9.08. The van der Waals surface area contributed by atoms with Crippen LogP contribution < -0.4 is 5.32 Å². The molecule has 1 N–H and O–H groups in total. The zero-order valence-electron chi connectivity index (χ0n) is 11.4. The monoisotopic (exact) mass is 281 g/mol. The van der Waals surface area contributed by atoms with Crippen molar-refractivity contribution in [2.75, 3.05) is 5.88 Å². The van der Waals surface area contributed by atoms with E-state index in [0.29, 0.717) is 6.42 Å². The Labute approximate surface area is 119 Å². The minimum Gasteiger partial charge on any atom is -0.341 e. The highest BCUT2D eigenvalue weighted by Gasteiger charge is 2.21. The highest BCUT2D eigenvalue weighted by Crippen LogP contribution is 2.18. The highest BCUT2D eigenvalue weighted by molar-refractivity contribution is 6.27. The fraction of sp³-hybridized carbons (Fsp3) is 0.467. The van der Waals surface area contributed by atoms with Crippen molar-refractivity contribution < 1.29 is 9.59 Å². The lowest BCUT2D eigenvalue weighted by Crippen LogP contribution is -2.34. The van der Waals surface area contributed by atoms with Crippen LogP contribution in [0.5, 0.6) is 0 Å². The Kier molecular flexibility index (Phi) is 6.57. The Morgan fingerprint density at radius 3 is 2.42 bits per heavy atom. The van der Waals surface area contributed by atoms with Crippen LogP contribution >= 0.6 is 11.6 Å². The van der Waals surface area contributed by atoms with Gasteiger partial charge in [0.25, 0.3) is 0 Å². The molecule has 4 heteroatoms. The SMILES string of the molecule is CCCCC(=O)C(NC(=O)CCl)c1ccc(C)cc1. The third kappa shape index (κ3) is 5.03. The van der Waals surface area contributed by atoms with Crippen LogP contribution in [0.25, 0.3) is 0 Å². The van der Waals surface area contributed by atoms with E-state index >= 15 is 0 Å². The first-order valence-electron chi connectivity index (χ1n) is 6.53. The lowest BCUT2D eigenvalue weighted by atomic mass is 9.98. The maximum absolute atomic E-state index is 12.2. The van der Waals surface area contributed by atoms with Gasteiger partial charge in [-0.1, -0.05) is 43.2 Å². The van der Waals surface area contributed by atoms with E-state index in [1.165, 1.54) is 0 Å². The number of rotatable bonds is 7. The van der Waals surface area contributed by atoms with Gasteiger partial charge in [0.05, 0.1) is 0 Å². The molecule has 1 amide bonds. The molecule has 0 heterocycles. The van der Waals surface area contributed by atoms with E-state index in [2.05, 4.69) is 5.32 Å². The van der Waals surface area contributed by atoms with E-state index in [9.17, 15) is 9.59 Å². The average Bonchev–Trinajstić information content (AvgIpc) is 2.43. The van der Waals surface area contributed by atoms with Gasteiger partial charge in [-0.3, -0.25) is 9.59 Å². The van der Waals surface area contributed by atoms with Crippen molar-refractivity contribution in [2.45, 2.75) is 39.2 Å². The minimum atomic E-state index is -0.585. The predicted octanol–water partition coefficient (Wildman–Crippen LogP) is 3.15. The second-order valence-corrected chi connectivity index (χ2v) is 4.88. The molecule has 1 atom stereocenters. The van der Waals surface area contributed by atoms with Crippen molar-refractivity contribution in [3.8, 4) is 0 Å². The summed E-state index contributed by atoms with van der Waals surface area (Å²) in [6.07, 6.45) is 2.26. The third-order valence-corrected chi connectivity index (χ3v) is 3.18. The van der Waals surface area contributed by atoms with E-state index in [4.69, 9.17) is 11.6 Å². The number of carbonyl (C=O) groups is 2. The fourth-order valence-corrected chi connectivity index (χ4v) is 1.88. The molecule has 0 saturated carbocycles. The molecule has 0 aliphatic heterocycles. The molecule has 0 aliphatic rings. The number of hydrogen-bond donors (Lipinski definition) is 1. The number of amides is 1. The van der Waals surface area contributed by atoms with Gasteiger partial charge in [0.15, 0.2) is 5.78 Å². The van der Waals surface area contributed by atoms with Crippen molar-refractivity contribution in [1.29, 1.82) is 0 Å². The molecule has 0 fully saturated rings. The van der Waals surface area contributed by atoms with Crippen LogP contribution in [0.15, 0.2) is 24.3 Å². The predicted molar refractivity (Wildman–Crippen MR) is 77.3 cm³/mol. The smallest absolute Gasteiger partial charge is 0.235 e. The molecule has 19 heavy (non-hydrogen) atoms. The summed E-state index contributed by atoms with van der Waals surface area (Å²) in [7, 11) is 0. The number of carbonyl (C=O) groups excluding carboxylic acids is 2. The lowest BCUT2D eigenvalue weighted by Gasteiger charge is -2.17. The molecule has 0 aromatic heterocycles. The van der Waals surface area contributed by atoms with Gasteiger partial charge in [0.1, 0.15) is 11.9 Å². The number of ketones is 1. The Hall–Kier alpha value is -1.35. The van der Waals surface area contributed by atoms with Gasteiger partial charge in [-0.25, -0.2) is 0 Å². The second kappa shape index (κ2) is 7.95. The number of nitrogens with one attached hydrogen (secondary N) is 1. The topological polar surface area (TPSA) is 46.2 Å². The summed E-state index contributed by atoms with van der Waals surface area (Å²) >= 11 is 5.49. The molecular formula is C15H20ClNO2. The molecule has 0 aliphatic carbocycles. The number of Topliss-reactive ketones (excluding diaryl/α,β-unsaturated/α-hetero) is 1. The first kappa shape index (κ1) is 15.7. The van der Waals surface area contributed by atoms with Crippen LogP contribution in [0.3, 0.4) is 0 Å². The van der Waals surface area contributed by atoms with Gasteiger partial charge in [-0.15, -0.1) is 11.6 Å². The molecule has 0 bridgehead atoms. The van der Waals surface area contributed by atoms with E-state index < -0.39 is 6.04 Å². The highest BCUT2D eigenvalue weighted by atomic mass is 35.5. The van der Waals surface area contributed by atoms with Crippen LogP contribution in [0.2, 0.25) is 0 Å². The van der Waals surface area contributed by atoms with Crippen molar-refractivity contribution in [2.24, 2.45) is 0 Å². The summed E-state index contributed by atoms with van der Waals surface area (Å²) in [5, 5.41) is 2.69. The van der Waals surface area contributed by atoms with Gasteiger partial charge in [0, 0.05) is 6.42 Å². The zero-order chi connectivity index (χ0) is 14.3. The summed E-state index contributed by atoms with van der Waals surface area (Å²) < 4.78 is 0. The molecule has 0 radical (unpaired) electrons. The number of unbranched alkanes of at least 4 members (excludes halogenated alkanes) is 1. The van der Waals surface area contributed by atoms with Crippen LogP contribution in [0.4, 0.5) is 0 Å². The van der Waals surface area contributed by atoms with Crippen LogP contribution in [0.1, 0.15) is 43.4 Å². The Morgan fingerprint density at radius 1 is 1.26 bits per heavy atom. The second-order valence-electron chi connectivity index (χ2n) is 4.61. The summed E-state index contributed by atoms with van der Waals surface area (Å²) in [5.74, 6) is -0.426. The van der Waals surface area contributed by atoms with Crippen LogP contribution in [0, 0.1) is 6.92 Å². The summed E-state index contributed by atoms with van der Waals surface area (Å²) in [6, 6.07) is 7.03. The normalized spacial score (nSPS) is 11.9. The Morgan fingerprint density at radius 2 is 1.89 bits per heavy atom. The van der Waals surface area contributed by atoms with Crippen LogP contribution in [-0.2, 0) is 9.59 Å². The summed E-state index contributed by atoms with van der Waals surface area (Å²) in [4.78, 5) is 23.6. The first-order valence-corrected chi connectivity index (χ1v) is 7.06. The summed E-state index contributed by atoms with van der Waals surface area (Å²) in [5.41, 5.74) is 1.93. The van der Waals surface area contributed by atoms with Gasteiger partial charge in [-0.05, 0) is 18.9 Å². The summed E-state index contributed by atoms with van der Waals surface area (Å²) in [6.45, 7) is 4.01. The maximum atomic E-state index is 12.2. The molecule has 1 rings (SSSR count). The standard InChI is InChI=1S/C15H20ClNO2/c1-3-4-5-13(18)15(17-14(19)10-16)12-8-6-11(2)7-9-12/h6-9,15H,3-5,10H2,1-2H3,(H,17,19). The molecule has 1 aromatic carbocycles. The van der Waals surface area contributed by atoms with Crippen molar-refractivity contribution in [3.05, 3.63) is 35.4 Å².